The van der Waals surface area contributed by atoms with Gasteiger partial charge in [-0.3, -0.25) is 4.98 Å². The van der Waals surface area contributed by atoms with Gasteiger partial charge in [0.15, 0.2) is 0 Å². The number of hydrogen-bond donors (Lipinski definition) is 1. The molecular formula is C12H13NO. The van der Waals surface area contributed by atoms with Gasteiger partial charge < -0.3 is 5.11 Å². The molecule has 2 heteroatoms. The summed E-state index contributed by atoms with van der Waals surface area (Å²) in [6.45, 7) is 6.15. The fourth-order valence-corrected chi connectivity index (χ4v) is 1.67. The molecule has 0 radical (unpaired) electrons. The average molecular weight is 187 g/mol. The maximum absolute atomic E-state index is 9.34. The molecule has 2 nitrogen and oxygen atoms in total. The molecule has 1 heterocycles. The van der Waals surface area contributed by atoms with Crippen molar-refractivity contribution in [2.75, 3.05) is 0 Å². The molecule has 0 aliphatic heterocycles. The fourth-order valence-electron chi connectivity index (χ4n) is 1.67. The van der Waals surface area contributed by atoms with Gasteiger partial charge in [-0.25, -0.2) is 0 Å². The first-order valence-corrected chi connectivity index (χ1v) is 4.66. The van der Waals surface area contributed by atoms with E-state index in [-0.39, 0.29) is 5.75 Å². The third kappa shape index (κ3) is 1.23. The van der Waals surface area contributed by atoms with E-state index >= 15 is 0 Å². The summed E-state index contributed by atoms with van der Waals surface area (Å²) in [5.41, 5.74) is 4.36. The highest BCUT2D eigenvalue weighted by Crippen LogP contribution is 2.24. The predicted octanol–water partition coefficient (Wildman–Crippen LogP) is 2.87. The van der Waals surface area contributed by atoms with Gasteiger partial charge in [0.1, 0.15) is 5.75 Å². The lowest BCUT2D eigenvalue weighted by molar-refractivity contribution is 0.476. The molecule has 0 amide bonds. The van der Waals surface area contributed by atoms with E-state index in [9.17, 15) is 5.11 Å². The number of benzene rings is 1. The Bertz CT molecular complexity index is 503. The zero-order valence-electron chi connectivity index (χ0n) is 8.63. The van der Waals surface area contributed by atoms with Crippen LogP contribution in [0.15, 0.2) is 18.2 Å². The second kappa shape index (κ2) is 2.98. The SMILES string of the molecule is Cc1nc2cc(O)ccc2c(C)c1C. The molecule has 1 aromatic heterocycles. The summed E-state index contributed by atoms with van der Waals surface area (Å²) in [5.74, 6) is 0.271. The lowest BCUT2D eigenvalue weighted by Crippen LogP contribution is -1.92. The van der Waals surface area contributed by atoms with Crippen LogP contribution < -0.4 is 0 Å². The minimum absolute atomic E-state index is 0.271. The zero-order chi connectivity index (χ0) is 10.3. The number of aromatic nitrogens is 1. The minimum atomic E-state index is 0.271. The van der Waals surface area contributed by atoms with E-state index in [0.29, 0.717) is 0 Å². The summed E-state index contributed by atoms with van der Waals surface area (Å²) in [6, 6.07) is 5.32. The van der Waals surface area contributed by atoms with Crippen molar-refractivity contribution in [2.45, 2.75) is 20.8 Å². The molecule has 0 fully saturated rings. The van der Waals surface area contributed by atoms with E-state index in [1.807, 2.05) is 13.0 Å². The van der Waals surface area contributed by atoms with Gasteiger partial charge in [-0.1, -0.05) is 0 Å². The number of aromatic hydroxyl groups is 1. The third-order valence-electron chi connectivity index (χ3n) is 2.78. The Morgan fingerprint density at radius 3 is 2.50 bits per heavy atom. The molecule has 1 N–H and O–H groups in total. The number of pyridine rings is 1. The van der Waals surface area contributed by atoms with Crippen molar-refractivity contribution in [3.8, 4) is 5.75 Å². The number of fused-ring (bicyclic) bond motifs is 1. The van der Waals surface area contributed by atoms with Crippen LogP contribution in [0.5, 0.6) is 5.75 Å². The van der Waals surface area contributed by atoms with Gasteiger partial charge in [0.25, 0.3) is 0 Å². The van der Waals surface area contributed by atoms with Crippen molar-refractivity contribution in [3.63, 3.8) is 0 Å². The molecule has 0 aliphatic carbocycles. The molecule has 0 saturated heterocycles. The smallest absolute Gasteiger partial charge is 0.117 e. The first-order chi connectivity index (χ1) is 6.59. The number of phenols is 1. The van der Waals surface area contributed by atoms with E-state index in [0.717, 1.165) is 16.6 Å². The number of hydrogen-bond acceptors (Lipinski definition) is 2. The predicted molar refractivity (Wildman–Crippen MR) is 57.6 cm³/mol. The van der Waals surface area contributed by atoms with Crippen molar-refractivity contribution >= 4 is 10.9 Å². The van der Waals surface area contributed by atoms with E-state index in [1.165, 1.54) is 11.1 Å². The molecule has 0 spiro atoms. The summed E-state index contributed by atoms with van der Waals surface area (Å²) in [5, 5.41) is 10.5. The monoisotopic (exact) mass is 187 g/mol. The Balaban J connectivity index is 2.91. The van der Waals surface area contributed by atoms with Gasteiger partial charge in [0, 0.05) is 17.1 Å². The molecule has 0 bridgehead atoms. The normalized spacial score (nSPS) is 10.8. The Hall–Kier alpha value is -1.57. The largest absolute Gasteiger partial charge is 0.508 e. The standard InChI is InChI=1S/C12H13NO/c1-7-8(2)11-5-4-10(14)6-12(11)13-9(7)3/h4-6,14H,1-3H3. The fraction of sp³-hybridized carbons (Fsp3) is 0.250. The molecule has 2 aromatic rings. The average Bonchev–Trinajstić information content (AvgIpc) is 2.14. The van der Waals surface area contributed by atoms with Crippen LogP contribution >= 0.6 is 0 Å². The highest BCUT2D eigenvalue weighted by atomic mass is 16.3. The second-order valence-electron chi connectivity index (χ2n) is 3.65. The lowest BCUT2D eigenvalue weighted by Gasteiger charge is -2.08. The Labute approximate surface area is 83.2 Å². The van der Waals surface area contributed by atoms with Gasteiger partial charge in [-0.15, -0.1) is 0 Å². The zero-order valence-corrected chi connectivity index (χ0v) is 8.63. The molecule has 14 heavy (non-hydrogen) atoms. The van der Waals surface area contributed by atoms with Crippen LogP contribution in [0.3, 0.4) is 0 Å². The first-order valence-electron chi connectivity index (χ1n) is 4.66. The first kappa shape index (κ1) is 9.00. The molecular weight excluding hydrogens is 174 g/mol. The summed E-state index contributed by atoms with van der Waals surface area (Å²) in [4.78, 5) is 4.44. The van der Waals surface area contributed by atoms with E-state index < -0.39 is 0 Å². The maximum Gasteiger partial charge on any atom is 0.117 e. The quantitative estimate of drug-likeness (QED) is 0.688. The topological polar surface area (TPSA) is 33.1 Å². The van der Waals surface area contributed by atoms with Crippen molar-refractivity contribution in [2.24, 2.45) is 0 Å². The molecule has 0 saturated carbocycles. The Morgan fingerprint density at radius 2 is 1.79 bits per heavy atom. The van der Waals surface area contributed by atoms with Crippen molar-refractivity contribution in [1.29, 1.82) is 0 Å². The highest BCUT2D eigenvalue weighted by Gasteiger charge is 2.05. The van der Waals surface area contributed by atoms with Gasteiger partial charge in [0.05, 0.1) is 5.52 Å². The van der Waals surface area contributed by atoms with Crippen LogP contribution in [0.4, 0.5) is 0 Å². The molecule has 0 aliphatic rings. The summed E-state index contributed by atoms with van der Waals surface area (Å²) in [6.07, 6.45) is 0. The number of aryl methyl sites for hydroxylation is 2. The van der Waals surface area contributed by atoms with Gasteiger partial charge in [-0.2, -0.15) is 0 Å². The van der Waals surface area contributed by atoms with E-state index in [4.69, 9.17) is 0 Å². The number of phenolic OH excluding ortho intramolecular Hbond substituents is 1. The minimum Gasteiger partial charge on any atom is -0.508 e. The van der Waals surface area contributed by atoms with Gasteiger partial charge >= 0.3 is 0 Å². The second-order valence-corrected chi connectivity index (χ2v) is 3.65. The van der Waals surface area contributed by atoms with Gasteiger partial charge in [0.2, 0.25) is 0 Å². The third-order valence-corrected chi connectivity index (χ3v) is 2.78. The molecule has 1 aromatic carbocycles. The van der Waals surface area contributed by atoms with Crippen LogP contribution in [0.2, 0.25) is 0 Å². The summed E-state index contributed by atoms with van der Waals surface area (Å²) >= 11 is 0. The summed E-state index contributed by atoms with van der Waals surface area (Å²) in [7, 11) is 0. The van der Waals surface area contributed by atoms with E-state index in [1.54, 1.807) is 12.1 Å². The Kier molecular flexibility index (Phi) is 1.92. The van der Waals surface area contributed by atoms with Crippen LogP contribution in [-0.4, -0.2) is 10.1 Å². The van der Waals surface area contributed by atoms with Crippen molar-refractivity contribution < 1.29 is 5.11 Å². The lowest BCUT2D eigenvalue weighted by atomic mass is 10.0. The van der Waals surface area contributed by atoms with Crippen LogP contribution in [-0.2, 0) is 0 Å². The molecule has 2 rings (SSSR count). The highest BCUT2D eigenvalue weighted by molar-refractivity contribution is 5.84. The van der Waals surface area contributed by atoms with Crippen LogP contribution in [0, 0.1) is 20.8 Å². The van der Waals surface area contributed by atoms with Crippen molar-refractivity contribution in [1.82, 2.24) is 4.98 Å². The van der Waals surface area contributed by atoms with Crippen molar-refractivity contribution in [3.05, 3.63) is 35.0 Å². The van der Waals surface area contributed by atoms with Gasteiger partial charge in [-0.05, 0) is 44.0 Å². The molecule has 0 unspecified atom stereocenters. The summed E-state index contributed by atoms with van der Waals surface area (Å²) < 4.78 is 0. The Morgan fingerprint density at radius 1 is 1.07 bits per heavy atom. The number of rotatable bonds is 0. The van der Waals surface area contributed by atoms with Crippen LogP contribution in [0.1, 0.15) is 16.8 Å². The molecule has 0 atom stereocenters. The van der Waals surface area contributed by atoms with E-state index in [2.05, 4.69) is 18.8 Å². The number of nitrogens with zero attached hydrogens (tertiary/aromatic N) is 1. The van der Waals surface area contributed by atoms with Crippen LogP contribution in [0.25, 0.3) is 10.9 Å². The maximum atomic E-state index is 9.34. The molecule has 72 valence electrons.